The van der Waals surface area contributed by atoms with Gasteiger partial charge in [0.2, 0.25) is 0 Å². The fourth-order valence-corrected chi connectivity index (χ4v) is 1.57. The Hall–Kier alpha value is -1.27. The van der Waals surface area contributed by atoms with Crippen LogP contribution >= 0.6 is 11.8 Å². The number of hydrazine groups is 1. The molecule has 0 unspecified atom stereocenters. The Kier molecular flexibility index (Phi) is 5.66. The van der Waals surface area contributed by atoms with Gasteiger partial charge in [0.15, 0.2) is 0 Å². The Morgan fingerprint density at radius 2 is 2.38 bits per heavy atom. The van der Waals surface area contributed by atoms with Crippen molar-refractivity contribution in [3.63, 3.8) is 0 Å². The summed E-state index contributed by atoms with van der Waals surface area (Å²) in [4.78, 5) is 15.6. The van der Waals surface area contributed by atoms with Gasteiger partial charge in [-0.15, -0.1) is 0 Å². The van der Waals surface area contributed by atoms with Crippen LogP contribution in [0.1, 0.15) is 16.8 Å². The number of hydrogen-bond acceptors (Lipinski definition) is 5. The first-order valence-electron chi connectivity index (χ1n) is 4.97. The highest BCUT2D eigenvalue weighted by Crippen LogP contribution is 2.03. The number of rotatable bonds is 6. The molecule has 0 fully saturated rings. The molecule has 0 aliphatic rings. The van der Waals surface area contributed by atoms with E-state index in [2.05, 4.69) is 15.7 Å². The molecule has 1 amide bonds. The van der Waals surface area contributed by atoms with Crippen molar-refractivity contribution in [1.82, 2.24) is 10.3 Å². The molecule has 1 aromatic heterocycles. The molecule has 1 rings (SSSR count). The molecule has 1 heterocycles. The summed E-state index contributed by atoms with van der Waals surface area (Å²) in [6.07, 6.45) is 4.52. The van der Waals surface area contributed by atoms with Crippen LogP contribution in [0.2, 0.25) is 0 Å². The van der Waals surface area contributed by atoms with Crippen molar-refractivity contribution in [3.05, 3.63) is 23.9 Å². The van der Waals surface area contributed by atoms with E-state index in [1.165, 1.54) is 6.20 Å². The van der Waals surface area contributed by atoms with Crippen LogP contribution < -0.4 is 16.6 Å². The molecule has 16 heavy (non-hydrogen) atoms. The molecule has 6 heteroatoms. The molecule has 0 bridgehead atoms. The Morgan fingerprint density at radius 1 is 1.56 bits per heavy atom. The third-order valence-electron chi connectivity index (χ3n) is 1.98. The van der Waals surface area contributed by atoms with Crippen molar-refractivity contribution >= 4 is 23.5 Å². The van der Waals surface area contributed by atoms with Crippen LogP contribution in [0.3, 0.4) is 0 Å². The molecule has 5 nitrogen and oxygen atoms in total. The van der Waals surface area contributed by atoms with E-state index >= 15 is 0 Å². The number of amides is 1. The van der Waals surface area contributed by atoms with Crippen molar-refractivity contribution < 1.29 is 4.79 Å². The maximum absolute atomic E-state index is 11.6. The molecule has 0 spiro atoms. The van der Waals surface area contributed by atoms with Gasteiger partial charge in [0.25, 0.3) is 5.91 Å². The van der Waals surface area contributed by atoms with Crippen LogP contribution in [0.15, 0.2) is 18.3 Å². The number of carbonyl (C=O) groups excluding carboxylic acids is 1. The smallest absolute Gasteiger partial charge is 0.252 e. The minimum atomic E-state index is -0.0998. The van der Waals surface area contributed by atoms with Gasteiger partial charge in [0.1, 0.15) is 5.82 Å². The van der Waals surface area contributed by atoms with Crippen LogP contribution in [0.25, 0.3) is 0 Å². The number of pyridine rings is 1. The van der Waals surface area contributed by atoms with Crippen molar-refractivity contribution in [3.8, 4) is 0 Å². The molecular weight excluding hydrogens is 224 g/mol. The van der Waals surface area contributed by atoms with Crippen LogP contribution in [0, 0.1) is 0 Å². The van der Waals surface area contributed by atoms with Gasteiger partial charge < -0.3 is 10.7 Å². The van der Waals surface area contributed by atoms with E-state index in [4.69, 9.17) is 5.84 Å². The standard InChI is InChI=1S/C10H16N4OS/c1-16-6-2-5-12-10(15)8-3-4-9(14-11)13-7-8/h3-4,7H,2,5-6,11H2,1H3,(H,12,15)(H,13,14). The minimum absolute atomic E-state index is 0.0998. The summed E-state index contributed by atoms with van der Waals surface area (Å²) in [6.45, 7) is 0.691. The largest absolute Gasteiger partial charge is 0.352 e. The second-order valence-corrected chi connectivity index (χ2v) is 4.16. The number of nitrogen functional groups attached to an aromatic ring is 1. The number of nitrogens with two attached hydrogens (primary N) is 1. The Morgan fingerprint density at radius 3 is 2.94 bits per heavy atom. The Balaban J connectivity index is 2.40. The average Bonchev–Trinajstić information content (AvgIpc) is 2.34. The van der Waals surface area contributed by atoms with Crippen molar-refractivity contribution in [2.45, 2.75) is 6.42 Å². The van der Waals surface area contributed by atoms with Crippen LogP contribution in [-0.4, -0.2) is 29.4 Å². The van der Waals surface area contributed by atoms with E-state index in [1.807, 2.05) is 6.26 Å². The second-order valence-electron chi connectivity index (χ2n) is 3.18. The second kappa shape index (κ2) is 7.08. The van der Waals surface area contributed by atoms with Crippen LogP contribution in [0.5, 0.6) is 0 Å². The minimum Gasteiger partial charge on any atom is -0.352 e. The maximum Gasteiger partial charge on any atom is 0.252 e. The lowest BCUT2D eigenvalue weighted by atomic mass is 10.2. The first-order chi connectivity index (χ1) is 7.77. The lowest BCUT2D eigenvalue weighted by Crippen LogP contribution is -2.25. The molecular formula is C10H16N4OS. The van der Waals surface area contributed by atoms with Crippen LogP contribution in [-0.2, 0) is 0 Å². The molecule has 0 radical (unpaired) electrons. The summed E-state index contributed by atoms with van der Waals surface area (Å²) in [5.74, 6) is 6.67. The predicted octanol–water partition coefficient (Wildman–Crippen LogP) is 0.850. The zero-order valence-electron chi connectivity index (χ0n) is 9.19. The average molecular weight is 240 g/mol. The van der Waals surface area contributed by atoms with Crippen molar-refractivity contribution in [2.75, 3.05) is 24.0 Å². The number of anilines is 1. The first kappa shape index (κ1) is 12.8. The summed E-state index contributed by atoms with van der Waals surface area (Å²) in [7, 11) is 0. The zero-order chi connectivity index (χ0) is 11.8. The Bertz CT molecular complexity index is 328. The highest BCUT2D eigenvalue weighted by Gasteiger charge is 2.04. The third-order valence-corrected chi connectivity index (χ3v) is 2.68. The zero-order valence-corrected chi connectivity index (χ0v) is 10.0. The molecule has 88 valence electrons. The number of hydrogen-bond donors (Lipinski definition) is 3. The first-order valence-corrected chi connectivity index (χ1v) is 6.37. The van der Waals surface area contributed by atoms with Crippen molar-refractivity contribution in [1.29, 1.82) is 0 Å². The fraction of sp³-hybridized carbons (Fsp3) is 0.400. The number of carbonyl (C=O) groups is 1. The highest BCUT2D eigenvalue weighted by atomic mass is 32.2. The number of nitrogens with zero attached hydrogens (tertiary/aromatic N) is 1. The normalized spacial score (nSPS) is 9.88. The summed E-state index contributed by atoms with van der Waals surface area (Å²) in [5, 5.41) is 2.83. The third kappa shape index (κ3) is 4.08. The number of thioether (sulfide) groups is 1. The maximum atomic E-state index is 11.6. The lowest BCUT2D eigenvalue weighted by molar-refractivity contribution is 0.0953. The van der Waals surface area contributed by atoms with E-state index in [0.717, 1.165) is 12.2 Å². The Labute approximate surface area is 99.2 Å². The van der Waals surface area contributed by atoms with Gasteiger partial charge in [-0.05, 0) is 30.6 Å². The van der Waals surface area contributed by atoms with Gasteiger partial charge in [-0.25, -0.2) is 10.8 Å². The number of nitrogens with one attached hydrogen (secondary N) is 2. The molecule has 0 aliphatic heterocycles. The molecule has 0 saturated heterocycles. The van der Waals surface area contributed by atoms with Gasteiger partial charge in [0, 0.05) is 12.7 Å². The van der Waals surface area contributed by atoms with E-state index < -0.39 is 0 Å². The summed E-state index contributed by atoms with van der Waals surface area (Å²) in [6, 6.07) is 3.35. The summed E-state index contributed by atoms with van der Waals surface area (Å²) >= 11 is 1.77. The lowest BCUT2D eigenvalue weighted by Gasteiger charge is -2.04. The van der Waals surface area contributed by atoms with Gasteiger partial charge in [0.05, 0.1) is 5.56 Å². The quantitative estimate of drug-likeness (QED) is 0.390. The van der Waals surface area contributed by atoms with E-state index in [1.54, 1.807) is 23.9 Å². The SMILES string of the molecule is CSCCCNC(=O)c1ccc(NN)nc1. The molecule has 0 saturated carbocycles. The van der Waals surface area contributed by atoms with Crippen LogP contribution in [0.4, 0.5) is 5.82 Å². The highest BCUT2D eigenvalue weighted by molar-refractivity contribution is 7.98. The molecule has 0 atom stereocenters. The molecule has 4 N–H and O–H groups in total. The van der Waals surface area contributed by atoms with Gasteiger partial charge >= 0.3 is 0 Å². The fourth-order valence-electron chi connectivity index (χ4n) is 1.13. The van der Waals surface area contributed by atoms with Gasteiger partial charge in [-0.3, -0.25) is 4.79 Å². The molecule has 0 aliphatic carbocycles. The predicted molar refractivity (Wildman–Crippen MR) is 67.4 cm³/mol. The topological polar surface area (TPSA) is 80.0 Å². The summed E-state index contributed by atoms with van der Waals surface area (Å²) < 4.78 is 0. The van der Waals surface area contributed by atoms with E-state index in [0.29, 0.717) is 17.9 Å². The van der Waals surface area contributed by atoms with E-state index in [-0.39, 0.29) is 5.91 Å². The summed E-state index contributed by atoms with van der Waals surface area (Å²) in [5.41, 5.74) is 2.95. The monoisotopic (exact) mass is 240 g/mol. The van der Waals surface area contributed by atoms with Crippen molar-refractivity contribution in [2.24, 2.45) is 5.84 Å². The number of aromatic nitrogens is 1. The van der Waals surface area contributed by atoms with E-state index in [9.17, 15) is 4.79 Å². The molecule has 0 aromatic carbocycles. The molecule has 1 aromatic rings. The van der Waals surface area contributed by atoms with Gasteiger partial charge in [-0.1, -0.05) is 0 Å². The van der Waals surface area contributed by atoms with Gasteiger partial charge in [-0.2, -0.15) is 11.8 Å².